The fraction of sp³-hybridized carbons (Fsp3) is 0.889. The maximum absolute atomic E-state index is 12.2. The van der Waals surface area contributed by atoms with Crippen molar-refractivity contribution < 1.29 is 18.7 Å². The normalized spacial score (nSPS) is 15.4. The Morgan fingerprint density at radius 1 is 1.57 bits per heavy atom. The summed E-state index contributed by atoms with van der Waals surface area (Å²) in [4.78, 5) is 12.3. The number of nitrogens with zero attached hydrogens (tertiary/aromatic N) is 1. The molecule has 0 fully saturated rings. The van der Waals surface area contributed by atoms with Crippen molar-refractivity contribution in [2.75, 3.05) is 13.1 Å². The van der Waals surface area contributed by atoms with E-state index in [9.17, 15) is 18.7 Å². The van der Waals surface area contributed by atoms with Gasteiger partial charge in [-0.1, -0.05) is 0 Å². The molecule has 0 rings (SSSR count). The van der Waals surface area contributed by atoms with Gasteiger partial charge < -0.3 is 10.0 Å². The van der Waals surface area contributed by atoms with Crippen molar-refractivity contribution >= 4 is 5.91 Å². The minimum absolute atomic E-state index is 0.113. The van der Waals surface area contributed by atoms with Gasteiger partial charge in [0.15, 0.2) is 0 Å². The summed E-state index contributed by atoms with van der Waals surface area (Å²) >= 11 is 0. The summed E-state index contributed by atoms with van der Waals surface area (Å²) in [6.45, 7) is 4.84. The van der Waals surface area contributed by atoms with Crippen LogP contribution in [-0.4, -0.2) is 41.0 Å². The summed E-state index contributed by atoms with van der Waals surface area (Å²) < 4.78 is 24.4. The standard InChI is InChI=1S/C9H17F2NO2/c1-4-12(7(2)13)6-5-9(3,14)8(10)11/h8,14H,4-6H2,1-3H3. The molecule has 1 N–H and O–H groups in total. The van der Waals surface area contributed by atoms with Crippen LogP contribution in [-0.2, 0) is 4.79 Å². The van der Waals surface area contributed by atoms with Gasteiger partial charge in [0.25, 0.3) is 6.43 Å². The van der Waals surface area contributed by atoms with Gasteiger partial charge in [-0.3, -0.25) is 4.79 Å². The summed E-state index contributed by atoms with van der Waals surface area (Å²) in [6.07, 6.45) is -2.90. The van der Waals surface area contributed by atoms with Crippen LogP contribution in [0.25, 0.3) is 0 Å². The molecule has 5 heteroatoms. The van der Waals surface area contributed by atoms with E-state index in [1.807, 2.05) is 0 Å². The van der Waals surface area contributed by atoms with Gasteiger partial charge in [0, 0.05) is 20.0 Å². The molecule has 14 heavy (non-hydrogen) atoms. The van der Waals surface area contributed by atoms with Crippen molar-refractivity contribution in [3.05, 3.63) is 0 Å². The van der Waals surface area contributed by atoms with E-state index in [2.05, 4.69) is 0 Å². The van der Waals surface area contributed by atoms with Crippen LogP contribution in [0.4, 0.5) is 8.78 Å². The summed E-state index contributed by atoms with van der Waals surface area (Å²) in [7, 11) is 0. The average Bonchev–Trinajstić information content (AvgIpc) is 2.04. The number of aliphatic hydroxyl groups is 1. The van der Waals surface area contributed by atoms with Crippen molar-refractivity contribution in [1.82, 2.24) is 4.90 Å². The zero-order valence-corrected chi connectivity index (χ0v) is 8.76. The van der Waals surface area contributed by atoms with Gasteiger partial charge in [-0.25, -0.2) is 8.78 Å². The van der Waals surface area contributed by atoms with Crippen LogP contribution in [0.2, 0.25) is 0 Å². The molecule has 3 nitrogen and oxygen atoms in total. The first-order valence-electron chi connectivity index (χ1n) is 4.57. The zero-order valence-electron chi connectivity index (χ0n) is 8.76. The fourth-order valence-corrected chi connectivity index (χ4v) is 1.01. The highest BCUT2D eigenvalue weighted by molar-refractivity contribution is 5.73. The first-order chi connectivity index (χ1) is 6.31. The van der Waals surface area contributed by atoms with E-state index < -0.39 is 12.0 Å². The molecular weight excluding hydrogens is 192 g/mol. The Balaban J connectivity index is 4.09. The zero-order chi connectivity index (χ0) is 11.4. The van der Waals surface area contributed by atoms with E-state index in [4.69, 9.17) is 0 Å². The van der Waals surface area contributed by atoms with Gasteiger partial charge in [-0.2, -0.15) is 0 Å². The molecule has 1 atom stereocenters. The quantitative estimate of drug-likeness (QED) is 0.740. The molecule has 1 unspecified atom stereocenters. The van der Waals surface area contributed by atoms with Gasteiger partial charge in [0.1, 0.15) is 5.60 Å². The third-order valence-corrected chi connectivity index (χ3v) is 2.19. The van der Waals surface area contributed by atoms with Crippen LogP contribution in [0.1, 0.15) is 27.2 Å². The van der Waals surface area contributed by atoms with E-state index >= 15 is 0 Å². The highest BCUT2D eigenvalue weighted by atomic mass is 19.3. The van der Waals surface area contributed by atoms with Crippen molar-refractivity contribution in [3.63, 3.8) is 0 Å². The molecule has 0 heterocycles. The van der Waals surface area contributed by atoms with Gasteiger partial charge >= 0.3 is 0 Å². The van der Waals surface area contributed by atoms with Crippen molar-refractivity contribution in [1.29, 1.82) is 0 Å². The Hall–Kier alpha value is -0.710. The second-order valence-corrected chi connectivity index (χ2v) is 3.51. The van der Waals surface area contributed by atoms with Crippen molar-refractivity contribution in [2.24, 2.45) is 0 Å². The van der Waals surface area contributed by atoms with Crippen LogP contribution < -0.4 is 0 Å². The minimum atomic E-state index is -2.78. The Bertz CT molecular complexity index is 195. The Kier molecular flexibility index (Phi) is 4.97. The lowest BCUT2D eigenvalue weighted by atomic mass is 10.0. The molecule has 84 valence electrons. The Labute approximate surface area is 82.7 Å². The number of rotatable bonds is 5. The SMILES string of the molecule is CCN(CCC(C)(O)C(F)F)C(C)=O. The summed E-state index contributed by atoms with van der Waals surface area (Å²) in [6, 6.07) is 0. The maximum Gasteiger partial charge on any atom is 0.266 e. The van der Waals surface area contributed by atoms with E-state index in [1.165, 1.54) is 11.8 Å². The average molecular weight is 209 g/mol. The van der Waals surface area contributed by atoms with E-state index in [0.717, 1.165) is 6.92 Å². The van der Waals surface area contributed by atoms with Crippen LogP contribution >= 0.6 is 0 Å². The van der Waals surface area contributed by atoms with Crippen LogP contribution in [0.5, 0.6) is 0 Å². The number of amides is 1. The second-order valence-electron chi connectivity index (χ2n) is 3.51. The van der Waals surface area contributed by atoms with Crippen LogP contribution in [0, 0.1) is 0 Å². The monoisotopic (exact) mass is 209 g/mol. The molecule has 0 bridgehead atoms. The Morgan fingerprint density at radius 2 is 2.07 bits per heavy atom. The lowest BCUT2D eigenvalue weighted by molar-refractivity contribution is -0.131. The number of carbonyl (C=O) groups excluding carboxylic acids is 1. The minimum Gasteiger partial charge on any atom is -0.384 e. The highest BCUT2D eigenvalue weighted by Crippen LogP contribution is 2.19. The van der Waals surface area contributed by atoms with Gasteiger partial charge in [-0.15, -0.1) is 0 Å². The molecule has 1 amide bonds. The maximum atomic E-state index is 12.2. The van der Waals surface area contributed by atoms with Crippen LogP contribution in [0.3, 0.4) is 0 Å². The summed E-state index contributed by atoms with van der Waals surface area (Å²) in [5, 5.41) is 9.23. The molecule has 0 spiro atoms. The molecule has 0 aromatic carbocycles. The molecule has 0 aliphatic rings. The van der Waals surface area contributed by atoms with Crippen molar-refractivity contribution in [3.8, 4) is 0 Å². The number of carbonyl (C=O) groups is 1. The lowest BCUT2D eigenvalue weighted by Crippen LogP contribution is -2.39. The van der Waals surface area contributed by atoms with Gasteiger partial charge in [-0.05, 0) is 20.3 Å². The van der Waals surface area contributed by atoms with E-state index in [1.54, 1.807) is 6.92 Å². The third kappa shape index (κ3) is 4.00. The van der Waals surface area contributed by atoms with E-state index in [0.29, 0.717) is 6.54 Å². The molecule has 0 saturated heterocycles. The topological polar surface area (TPSA) is 40.5 Å². The van der Waals surface area contributed by atoms with Gasteiger partial charge in [0.05, 0.1) is 0 Å². The number of halogens is 2. The third-order valence-electron chi connectivity index (χ3n) is 2.19. The molecule has 0 saturated carbocycles. The fourth-order valence-electron chi connectivity index (χ4n) is 1.01. The summed E-state index contributed by atoms with van der Waals surface area (Å²) in [5.74, 6) is -0.169. The smallest absolute Gasteiger partial charge is 0.266 e. The van der Waals surface area contributed by atoms with Crippen molar-refractivity contribution in [2.45, 2.75) is 39.2 Å². The van der Waals surface area contributed by atoms with Crippen LogP contribution in [0.15, 0.2) is 0 Å². The number of alkyl halides is 2. The Morgan fingerprint density at radius 3 is 2.36 bits per heavy atom. The predicted octanol–water partition coefficient (Wildman–Crippen LogP) is 1.26. The second kappa shape index (κ2) is 5.24. The number of hydrogen-bond donors (Lipinski definition) is 1. The summed E-state index contributed by atoms with van der Waals surface area (Å²) in [5.41, 5.74) is -2.01. The van der Waals surface area contributed by atoms with Gasteiger partial charge in [0.2, 0.25) is 5.91 Å². The molecule has 0 aromatic rings. The molecule has 0 aliphatic heterocycles. The first kappa shape index (κ1) is 13.3. The molecular formula is C9H17F2NO2. The highest BCUT2D eigenvalue weighted by Gasteiger charge is 2.32. The lowest BCUT2D eigenvalue weighted by Gasteiger charge is -2.26. The first-order valence-corrected chi connectivity index (χ1v) is 4.57. The van der Waals surface area contributed by atoms with E-state index in [-0.39, 0.29) is 18.9 Å². The largest absolute Gasteiger partial charge is 0.384 e. The molecule has 0 radical (unpaired) electrons. The number of hydrogen-bond acceptors (Lipinski definition) is 2. The molecule has 0 aliphatic carbocycles. The predicted molar refractivity (Wildman–Crippen MR) is 49.2 cm³/mol. The molecule has 0 aromatic heterocycles.